The van der Waals surface area contributed by atoms with Crippen molar-refractivity contribution in [1.29, 1.82) is 0 Å². The van der Waals surface area contributed by atoms with Gasteiger partial charge >= 0.3 is 0 Å². The second-order valence-corrected chi connectivity index (χ2v) is 4.08. The Hall–Kier alpha value is -2.44. The zero-order valence-corrected chi connectivity index (χ0v) is 11.1. The summed E-state index contributed by atoms with van der Waals surface area (Å²) < 4.78 is 18.6. The fraction of sp³-hybridized carbons (Fsp3) is 0.308. The van der Waals surface area contributed by atoms with Crippen LogP contribution in [0.3, 0.4) is 0 Å². The number of nitrogens with zero attached hydrogens (tertiary/aromatic N) is 3. The first-order valence-corrected chi connectivity index (χ1v) is 6.22. The minimum Gasteiger partial charge on any atom is -0.492 e. The Balaban J connectivity index is 1.85. The monoisotopic (exact) mass is 277 g/mol. The van der Waals surface area contributed by atoms with E-state index in [4.69, 9.17) is 10.5 Å². The van der Waals surface area contributed by atoms with Crippen molar-refractivity contribution in [3.8, 4) is 5.75 Å². The molecule has 7 heteroatoms. The molecule has 20 heavy (non-hydrogen) atoms. The van der Waals surface area contributed by atoms with Gasteiger partial charge in [0.05, 0.1) is 6.54 Å². The summed E-state index contributed by atoms with van der Waals surface area (Å²) in [5.41, 5.74) is 5.49. The van der Waals surface area contributed by atoms with E-state index in [0.29, 0.717) is 13.2 Å². The van der Waals surface area contributed by atoms with Gasteiger partial charge in [0.25, 0.3) is 0 Å². The number of nitrogens with two attached hydrogens (primary N) is 1. The Morgan fingerprint density at radius 1 is 1.25 bits per heavy atom. The van der Waals surface area contributed by atoms with Gasteiger partial charge in [-0.25, -0.2) is 4.39 Å². The molecule has 2 aromatic rings. The van der Waals surface area contributed by atoms with Crippen LogP contribution in [0.2, 0.25) is 0 Å². The molecule has 1 unspecified atom stereocenters. The average molecular weight is 277 g/mol. The van der Waals surface area contributed by atoms with Gasteiger partial charge in [0.15, 0.2) is 12.0 Å². The van der Waals surface area contributed by atoms with Crippen molar-refractivity contribution in [2.45, 2.75) is 13.1 Å². The molecule has 0 aliphatic rings. The topological polar surface area (TPSA) is 86.0 Å². The molecule has 0 radical (unpaired) electrons. The van der Waals surface area contributed by atoms with Crippen LogP contribution in [0.15, 0.2) is 30.3 Å². The average Bonchev–Trinajstić information content (AvgIpc) is 2.44. The van der Waals surface area contributed by atoms with Crippen molar-refractivity contribution >= 4 is 11.9 Å². The number of hydrogen-bond acceptors (Lipinski definition) is 6. The number of alkyl halides is 1. The van der Waals surface area contributed by atoms with E-state index >= 15 is 0 Å². The minimum atomic E-state index is -1.29. The Labute approximate surface area is 116 Å². The van der Waals surface area contributed by atoms with Crippen LogP contribution in [0.25, 0.3) is 0 Å². The smallest absolute Gasteiger partial charge is 0.227 e. The number of benzene rings is 1. The van der Waals surface area contributed by atoms with Gasteiger partial charge in [-0.2, -0.15) is 15.0 Å². The first kappa shape index (κ1) is 14.0. The normalized spacial score (nSPS) is 11.9. The van der Waals surface area contributed by atoms with Crippen molar-refractivity contribution in [1.82, 2.24) is 15.0 Å². The van der Waals surface area contributed by atoms with E-state index in [9.17, 15) is 4.39 Å². The minimum absolute atomic E-state index is 0.00835. The molecule has 0 saturated carbocycles. The fourth-order valence-corrected chi connectivity index (χ4v) is 1.51. The second-order valence-electron chi connectivity index (χ2n) is 4.08. The maximum atomic E-state index is 13.1. The lowest BCUT2D eigenvalue weighted by atomic mass is 10.3. The predicted molar refractivity (Wildman–Crippen MR) is 74.2 cm³/mol. The van der Waals surface area contributed by atoms with E-state index in [1.165, 1.54) is 6.92 Å². The van der Waals surface area contributed by atoms with Crippen molar-refractivity contribution in [2.75, 3.05) is 24.2 Å². The molecule has 6 nitrogen and oxygen atoms in total. The summed E-state index contributed by atoms with van der Waals surface area (Å²) in [6.45, 7) is 2.24. The van der Waals surface area contributed by atoms with Crippen molar-refractivity contribution in [3.63, 3.8) is 0 Å². The summed E-state index contributed by atoms with van der Waals surface area (Å²) >= 11 is 0. The molecule has 0 amide bonds. The van der Waals surface area contributed by atoms with Crippen LogP contribution in [0.5, 0.6) is 5.75 Å². The third-order valence-electron chi connectivity index (χ3n) is 2.42. The number of para-hydroxylation sites is 1. The summed E-state index contributed by atoms with van der Waals surface area (Å²) in [6, 6.07) is 9.43. The molecule has 0 saturated heterocycles. The zero-order valence-electron chi connectivity index (χ0n) is 11.1. The van der Waals surface area contributed by atoms with Crippen LogP contribution in [0.1, 0.15) is 18.9 Å². The number of anilines is 2. The number of nitrogen functional groups attached to an aromatic ring is 1. The molecule has 0 aliphatic carbocycles. The molecule has 0 aliphatic heterocycles. The molecule has 106 valence electrons. The molecular formula is C13H16FN5O. The van der Waals surface area contributed by atoms with Crippen LogP contribution in [0, 0.1) is 0 Å². The molecule has 1 heterocycles. The van der Waals surface area contributed by atoms with Gasteiger partial charge in [-0.05, 0) is 19.1 Å². The van der Waals surface area contributed by atoms with Crippen molar-refractivity contribution in [2.24, 2.45) is 0 Å². The SMILES string of the molecule is CC(F)c1nc(N)nc(NCCOc2ccccc2)n1. The van der Waals surface area contributed by atoms with Crippen LogP contribution >= 0.6 is 0 Å². The first-order chi connectivity index (χ1) is 9.65. The quantitative estimate of drug-likeness (QED) is 0.785. The van der Waals surface area contributed by atoms with Gasteiger partial charge in [-0.15, -0.1) is 0 Å². The lowest BCUT2D eigenvalue weighted by molar-refractivity contribution is 0.332. The van der Waals surface area contributed by atoms with E-state index in [-0.39, 0.29) is 17.7 Å². The summed E-state index contributed by atoms with van der Waals surface area (Å²) in [6.07, 6.45) is -1.29. The van der Waals surface area contributed by atoms with Crippen LogP contribution in [-0.2, 0) is 0 Å². The number of hydrogen-bond donors (Lipinski definition) is 2. The molecule has 1 aromatic carbocycles. The van der Waals surface area contributed by atoms with E-state index in [1.807, 2.05) is 30.3 Å². The van der Waals surface area contributed by atoms with Gasteiger partial charge < -0.3 is 15.8 Å². The summed E-state index contributed by atoms with van der Waals surface area (Å²) in [5.74, 6) is 1.03. The Morgan fingerprint density at radius 3 is 2.70 bits per heavy atom. The lowest BCUT2D eigenvalue weighted by Gasteiger charge is -2.09. The largest absolute Gasteiger partial charge is 0.492 e. The summed E-state index contributed by atoms with van der Waals surface area (Å²) in [5, 5.41) is 2.92. The number of rotatable bonds is 6. The maximum Gasteiger partial charge on any atom is 0.227 e. The highest BCUT2D eigenvalue weighted by Crippen LogP contribution is 2.13. The molecule has 1 aromatic heterocycles. The fourth-order valence-electron chi connectivity index (χ4n) is 1.51. The molecule has 3 N–H and O–H groups in total. The van der Waals surface area contributed by atoms with Gasteiger partial charge in [0.1, 0.15) is 12.4 Å². The third kappa shape index (κ3) is 4.04. The van der Waals surface area contributed by atoms with Gasteiger partial charge in [-0.1, -0.05) is 18.2 Å². The first-order valence-electron chi connectivity index (χ1n) is 6.22. The Kier molecular flexibility index (Phi) is 4.65. The van der Waals surface area contributed by atoms with Gasteiger partial charge in [0.2, 0.25) is 11.9 Å². The number of nitrogens with one attached hydrogen (secondary N) is 1. The van der Waals surface area contributed by atoms with Crippen LogP contribution in [0.4, 0.5) is 16.3 Å². The van der Waals surface area contributed by atoms with E-state index in [2.05, 4.69) is 20.3 Å². The molecule has 0 spiro atoms. The third-order valence-corrected chi connectivity index (χ3v) is 2.42. The molecule has 0 bridgehead atoms. The zero-order chi connectivity index (χ0) is 14.4. The highest BCUT2D eigenvalue weighted by atomic mass is 19.1. The van der Waals surface area contributed by atoms with Crippen molar-refractivity contribution in [3.05, 3.63) is 36.2 Å². The van der Waals surface area contributed by atoms with E-state index in [0.717, 1.165) is 5.75 Å². The Morgan fingerprint density at radius 2 is 2.00 bits per heavy atom. The number of ether oxygens (including phenoxy) is 1. The van der Waals surface area contributed by atoms with Crippen LogP contribution < -0.4 is 15.8 Å². The second kappa shape index (κ2) is 6.65. The van der Waals surface area contributed by atoms with E-state index in [1.54, 1.807) is 0 Å². The molecule has 2 rings (SSSR count). The van der Waals surface area contributed by atoms with E-state index < -0.39 is 6.17 Å². The van der Waals surface area contributed by atoms with Gasteiger partial charge in [0, 0.05) is 0 Å². The summed E-state index contributed by atoms with van der Waals surface area (Å²) in [7, 11) is 0. The van der Waals surface area contributed by atoms with Crippen LogP contribution in [-0.4, -0.2) is 28.1 Å². The highest BCUT2D eigenvalue weighted by molar-refractivity contribution is 5.31. The maximum absolute atomic E-state index is 13.1. The van der Waals surface area contributed by atoms with Crippen molar-refractivity contribution < 1.29 is 9.13 Å². The van der Waals surface area contributed by atoms with Gasteiger partial charge in [-0.3, -0.25) is 0 Å². The predicted octanol–water partition coefficient (Wildman–Crippen LogP) is 1.98. The summed E-state index contributed by atoms with van der Waals surface area (Å²) in [4.78, 5) is 11.5. The lowest BCUT2D eigenvalue weighted by Crippen LogP contribution is -2.15. The standard InChI is InChI=1S/C13H16FN5O/c1-9(14)11-17-12(15)19-13(18-11)16-7-8-20-10-5-3-2-4-6-10/h2-6,9H,7-8H2,1H3,(H3,15,16,17,18,19). The number of halogens is 1. The Bertz CT molecular complexity index is 550. The number of aromatic nitrogens is 3. The highest BCUT2D eigenvalue weighted by Gasteiger charge is 2.10. The molecule has 1 atom stereocenters. The molecular weight excluding hydrogens is 261 g/mol. The molecule has 0 fully saturated rings.